The Bertz CT molecular complexity index is 1870. The Labute approximate surface area is 336 Å². The van der Waals surface area contributed by atoms with E-state index in [1.165, 1.54) is 6.07 Å². The second-order valence-electron chi connectivity index (χ2n) is 15.6. The van der Waals surface area contributed by atoms with E-state index >= 15 is 0 Å². The van der Waals surface area contributed by atoms with Crippen molar-refractivity contribution in [3.05, 3.63) is 71.3 Å². The summed E-state index contributed by atoms with van der Waals surface area (Å²) in [6, 6.07) is 14.2. The Kier molecular flexibility index (Phi) is 17.4. The van der Waals surface area contributed by atoms with E-state index in [9.17, 15) is 24.0 Å². The standard InChI is InChI=1S/C44H60N4O9/c1-11-30(7)56-39-24-31(40(50)45-22-14-12-13-15-29(6)49)16-20-35(39)47-41(51)32-17-19-34(37(23-32)54-26-27(2)3)46-42(52)33-18-21-36(38(25-33)55-28(4)5)48-43(53)57-44(8,9)10/h16-21,23-25,27-28,30H,11-15,22,26H2,1-10H3,(H,45,50)(H,46,52)(H,47,51)(H,48,53). The molecule has 0 saturated carbocycles. The minimum absolute atomic E-state index is 0.148. The third kappa shape index (κ3) is 15.8. The molecular weight excluding hydrogens is 729 g/mol. The second kappa shape index (κ2) is 21.6. The first-order valence-corrected chi connectivity index (χ1v) is 19.6. The molecule has 0 aromatic heterocycles. The van der Waals surface area contributed by atoms with E-state index in [0.29, 0.717) is 54.4 Å². The Morgan fingerprint density at radius 1 is 0.649 bits per heavy atom. The third-order valence-electron chi connectivity index (χ3n) is 8.19. The average molecular weight is 789 g/mol. The van der Waals surface area contributed by atoms with Crippen LogP contribution in [0.1, 0.15) is 132 Å². The van der Waals surface area contributed by atoms with Gasteiger partial charge < -0.3 is 39.7 Å². The fraction of sp³-hybridized carbons (Fsp3) is 0.477. The summed E-state index contributed by atoms with van der Waals surface area (Å²) < 4.78 is 23.5. The van der Waals surface area contributed by atoms with Crippen LogP contribution in [-0.4, -0.2) is 60.6 Å². The van der Waals surface area contributed by atoms with E-state index in [1.807, 2.05) is 41.5 Å². The summed E-state index contributed by atoms with van der Waals surface area (Å²) in [5, 5.41) is 11.4. The number of rotatable bonds is 20. The van der Waals surface area contributed by atoms with Crippen molar-refractivity contribution in [3.63, 3.8) is 0 Å². The van der Waals surface area contributed by atoms with Crippen molar-refractivity contribution < 1.29 is 42.9 Å². The summed E-state index contributed by atoms with van der Waals surface area (Å²) in [6.07, 6.45) is 2.52. The van der Waals surface area contributed by atoms with Crippen molar-refractivity contribution in [2.75, 3.05) is 29.1 Å². The Hall–Kier alpha value is -5.59. The SMILES string of the molecule is CCC(C)Oc1cc(C(=O)NCCCCCC(C)=O)ccc1NC(=O)c1ccc(NC(=O)c2ccc(NC(=O)OC(C)(C)C)c(OC(C)C)c2)c(OCC(C)C)c1. The molecule has 3 aromatic carbocycles. The molecule has 0 bridgehead atoms. The number of carbonyl (C=O) groups excluding carboxylic acids is 5. The number of amides is 4. The fourth-order valence-electron chi connectivity index (χ4n) is 5.21. The molecule has 0 radical (unpaired) electrons. The molecule has 0 aliphatic rings. The predicted molar refractivity (Wildman–Crippen MR) is 223 cm³/mol. The number of ketones is 1. The summed E-state index contributed by atoms with van der Waals surface area (Å²) in [4.78, 5) is 63.9. The van der Waals surface area contributed by atoms with Gasteiger partial charge in [-0.3, -0.25) is 19.7 Å². The molecule has 3 rings (SSSR count). The maximum atomic E-state index is 13.7. The number of unbranched alkanes of at least 4 members (excludes halogenated alkanes) is 2. The molecular formula is C44H60N4O9. The fourth-order valence-corrected chi connectivity index (χ4v) is 5.21. The lowest BCUT2D eigenvalue weighted by molar-refractivity contribution is -0.117. The van der Waals surface area contributed by atoms with Crippen LogP contribution in [0.3, 0.4) is 0 Å². The maximum Gasteiger partial charge on any atom is 0.412 e. The van der Waals surface area contributed by atoms with Crippen LogP contribution in [0.15, 0.2) is 54.6 Å². The van der Waals surface area contributed by atoms with Gasteiger partial charge in [-0.15, -0.1) is 0 Å². The van der Waals surface area contributed by atoms with E-state index in [2.05, 4.69) is 21.3 Å². The molecule has 0 aliphatic heterocycles. The predicted octanol–water partition coefficient (Wildman–Crippen LogP) is 9.42. The van der Waals surface area contributed by atoms with Crippen LogP contribution in [0.25, 0.3) is 0 Å². The number of Topliss-reactive ketones (excluding diaryl/α,β-unsaturated/α-hetero) is 1. The molecule has 0 aliphatic carbocycles. The van der Waals surface area contributed by atoms with Gasteiger partial charge in [0.25, 0.3) is 17.7 Å². The molecule has 57 heavy (non-hydrogen) atoms. The van der Waals surface area contributed by atoms with Gasteiger partial charge in [0.1, 0.15) is 28.6 Å². The van der Waals surface area contributed by atoms with Gasteiger partial charge in [0.05, 0.1) is 35.9 Å². The molecule has 1 atom stereocenters. The van der Waals surface area contributed by atoms with Gasteiger partial charge in [0.15, 0.2) is 0 Å². The summed E-state index contributed by atoms with van der Waals surface area (Å²) in [7, 11) is 0. The minimum Gasteiger partial charge on any atom is -0.491 e. The van der Waals surface area contributed by atoms with Crippen molar-refractivity contribution in [1.82, 2.24) is 5.32 Å². The number of carbonyl (C=O) groups is 5. The molecule has 3 aromatic rings. The number of anilines is 3. The number of benzene rings is 3. The molecule has 0 heterocycles. The number of ether oxygens (including phenoxy) is 4. The highest BCUT2D eigenvalue weighted by Crippen LogP contribution is 2.32. The van der Waals surface area contributed by atoms with Gasteiger partial charge in [-0.05, 0) is 128 Å². The van der Waals surface area contributed by atoms with E-state index in [1.54, 1.807) is 76.2 Å². The quantitative estimate of drug-likeness (QED) is 0.0815. The monoisotopic (exact) mass is 788 g/mol. The lowest BCUT2D eigenvalue weighted by Crippen LogP contribution is -2.27. The summed E-state index contributed by atoms with van der Waals surface area (Å²) in [5.74, 6) is 0.0322. The molecule has 0 fully saturated rings. The van der Waals surface area contributed by atoms with Gasteiger partial charge in [0.2, 0.25) is 0 Å². The van der Waals surface area contributed by atoms with Crippen molar-refractivity contribution in [1.29, 1.82) is 0 Å². The normalized spacial score (nSPS) is 11.7. The van der Waals surface area contributed by atoms with E-state index in [4.69, 9.17) is 18.9 Å². The van der Waals surface area contributed by atoms with Crippen LogP contribution in [-0.2, 0) is 9.53 Å². The Morgan fingerprint density at radius 3 is 1.67 bits per heavy atom. The van der Waals surface area contributed by atoms with Gasteiger partial charge in [-0.25, -0.2) is 4.79 Å². The van der Waals surface area contributed by atoms with Gasteiger partial charge in [-0.2, -0.15) is 0 Å². The zero-order valence-corrected chi connectivity index (χ0v) is 35.1. The first kappa shape index (κ1) is 45.8. The zero-order valence-electron chi connectivity index (χ0n) is 35.1. The van der Waals surface area contributed by atoms with E-state index in [-0.39, 0.29) is 52.4 Å². The van der Waals surface area contributed by atoms with Crippen LogP contribution < -0.4 is 35.5 Å². The maximum absolute atomic E-state index is 13.7. The van der Waals surface area contributed by atoms with Gasteiger partial charge in [-0.1, -0.05) is 27.2 Å². The van der Waals surface area contributed by atoms with Gasteiger partial charge in [0, 0.05) is 29.7 Å². The highest BCUT2D eigenvalue weighted by Gasteiger charge is 2.21. The molecule has 13 nitrogen and oxygen atoms in total. The van der Waals surface area contributed by atoms with Crippen LogP contribution in [0, 0.1) is 5.92 Å². The first-order chi connectivity index (χ1) is 26.8. The molecule has 13 heteroatoms. The number of nitrogens with one attached hydrogen (secondary N) is 4. The highest BCUT2D eigenvalue weighted by atomic mass is 16.6. The minimum atomic E-state index is -0.705. The lowest BCUT2D eigenvalue weighted by Gasteiger charge is -2.21. The third-order valence-corrected chi connectivity index (χ3v) is 8.19. The van der Waals surface area contributed by atoms with Crippen LogP contribution in [0.5, 0.6) is 17.2 Å². The van der Waals surface area contributed by atoms with Gasteiger partial charge >= 0.3 is 6.09 Å². The number of hydrogen-bond donors (Lipinski definition) is 4. The van der Waals surface area contributed by atoms with E-state index in [0.717, 1.165) is 19.3 Å². The first-order valence-electron chi connectivity index (χ1n) is 19.6. The number of hydrogen-bond acceptors (Lipinski definition) is 9. The Balaban J connectivity index is 1.83. The van der Waals surface area contributed by atoms with Crippen molar-refractivity contribution in [2.45, 2.75) is 119 Å². The average Bonchev–Trinajstić information content (AvgIpc) is 3.12. The lowest BCUT2D eigenvalue weighted by atomic mass is 10.1. The Morgan fingerprint density at radius 2 is 1.16 bits per heavy atom. The molecule has 0 spiro atoms. The van der Waals surface area contributed by atoms with Crippen LogP contribution in [0.4, 0.5) is 21.9 Å². The largest absolute Gasteiger partial charge is 0.491 e. The van der Waals surface area contributed by atoms with Crippen molar-refractivity contribution in [2.24, 2.45) is 5.92 Å². The summed E-state index contributed by atoms with van der Waals surface area (Å²) in [6.45, 7) is 19.2. The summed E-state index contributed by atoms with van der Waals surface area (Å²) >= 11 is 0. The van der Waals surface area contributed by atoms with Crippen LogP contribution >= 0.6 is 0 Å². The molecule has 0 saturated heterocycles. The smallest absolute Gasteiger partial charge is 0.412 e. The van der Waals surface area contributed by atoms with Crippen LogP contribution in [0.2, 0.25) is 0 Å². The highest BCUT2D eigenvalue weighted by molar-refractivity contribution is 6.08. The topological polar surface area (TPSA) is 170 Å². The molecule has 4 amide bonds. The van der Waals surface area contributed by atoms with Crippen molar-refractivity contribution in [3.8, 4) is 17.2 Å². The molecule has 1 unspecified atom stereocenters. The molecule has 310 valence electrons. The second-order valence-corrected chi connectivity index (χ2v) is 15.6. The van der Waals surface area contributed by atoms with Crippen molar-refractivity contribution >= 4 is 46.7 Å². The van der Waals surface area contributed by atoms with E-state index < -0.39 is 23.5 Å². The zero-order chi connectivity index (χ0) is 42.3. The molecule has 4 N–H and O–H groups in total. The summed E-state index contributed by atoms with van der Waals surface area (Å²) in [5.41, 5.74) is 1.27.